The van der Waals surface area contributed by atoms with Gasteiger partial charge in [-0.25, -0.2) is 9.59 Å². The Morgan fingerprint density at radius 1 is 1.18 bits per heavy atom. The Balaban J connectivity index is 1.62. The highest BCUT2D eigenvalue weighted by atomic mass is 16.6. The number of carbonyl (C=O) groups is 2. The van der Waals surface area contributed by atoms with E-state index in [1.807, 2.05) is 0 Å². The lowest BCUT2D eigenvalue weighted by Gasteiger charge is -2.20. The van der Waals surface area contributed by atoms with E-state index >= 15 is 0 Å². The van der Waals surface area contributed by atoms with E-state index in [1.165, 1.54) is 29.2 Å². The summed E-state index contributed by atoms with van der Waals surface area (Å²) in [6.45, 7) is 1.66. The second-order valence-corrected chi connectivity index (χ2v) is 6.13. The summed E-state index contributed by atoms with van der Waals surface area (Å²) >= 11 is 0. The van der Waals surface area contributed by atoms with Crippen molar-refractivity contribution >= 4 is 23.4 Å². The van der Waals surface area contributed by atoms with Crippen LogP contribution >= 0.6 is 0 Å². The van der Waals surface area contributed by atoms with Crippen molar-refractivity contribution in [2.24, 2.45) is 0 Å². The lowest BCUT2D eigenvalue weighted by atomic mass is 10.1. The van der Waals surface area contributed by atoms with E-state index in [2.05, 4.69) is 0 Å². The van der Waals surface area contributed by atoms with Crippen LogP contribution in [0.3, 0.4) is 0 Å². The van der Waals surface area contributed by atoms with E-state index in [4.69, 9.17) is 14.2 Å². The smallest absolute Gasteiger partial charge is 0.415 e. The Hall–Kier alpha value is -3.62. The van der Waals surface area contributed by atoms with E-state index in [1.54, 1.807) is 38.3 Å². The molecule has 0 saturated carbocycles. The van der Waals surface area contributed by atoms with Crippen molar-refractivity contribution in [3.05, 3.63) is 64.2 Å². The van der Waals surface area contributed by atoms with Crippen LogP contribution in [0.5, 0.6) is 5.75 Å². The van der Waals surface area contributed by atoms with Gasteiger partial charge in [0.25, 0.3) is 5.69 Å². The van der Waals surface area contributed by atoms with Crippen molar-refractivity contribution in [1.29, 1.82) is 0 Å². The van der Waals surface area contributed by atoms with Crippen LogP contribution in [-0.2, 0) is 9.47 Å². The minimum Gasteiger partial charge on any atom is -0.497 e. The van der Waals surface area contributed by atoms with Crippen LogP contribution in [0.2, 0.25) is 0 Å². The summed E-state index contributed by atoms with van der Waals surface area (Å²) < 4.78 is 15.6. The second-order valence-electron chi connectivity index (χ2n) is 6.13. The van der Waals surface area contributed by atoms with Gasteiger partial charge in [-0.1, -0.05) is 0 Å². The van der Waals surface area contributed by atoms with Gasteiger partial charge in [0.1, 0.15) is 12.4 Å². The highest BCUT2D eigenvalue weighted by Crippen LogP contribution is 2.28. The highest BCUT2D eigenvalue weighted by molar-refractivity contribution is 5.91. The molecule has 2 atom stereocenters. The van der Waals surface area contributed by atoms with Crippen LogP contribution in [0.15, 0.2) is 48.5 Å². The molecule has 0 aliphatic carbocycles. The molecule has 1 aliphatic heterocycles. The van der Waals surface area contributed by atoms with Gasteiger partial charge in [-0.05, 0) is 43.3 Å². The fraction of sp³-hybridized carbons (Fsp3) is 0.263. The third kappa shape index (κ3) is 3.88. The average Bonchev–Trinajstić information content (AvgIpc) is 2.99. The molecule has 2 aromatic rings. The Morgan fingerprint density at radius 2 is 1.82 bits per heavy atom. The van der Waals surface area contributed by atoms with E-state index in [9.17, 15) is 19.7 Å². The summed E-state index contributed by atoms with van der Waals surface area (Å²) in [4.78, 5) is 36.0. The first-order valence-corrected chi connectivity index (χ1v) is 8.46. The Labute approximate surface area is 160 Å². The van der Waals surface area contributed by atoms with Crippen LogP contribution in [0, 0.1) is 10.1 Å². The molecule has 1 saturated heterocycles. The number of amides is 1. The molecule has 1 fully saturated rings. The number of carbonyl (C=O) groups excluding carboxylic acids is 2. The maximum absolute atomic E-state index is 12.2. The zero-order valence-electron chi connectivity index (χ0n) is 15.2. The molecular formula is C19H18N2O7. The number of non-ortho nitro benzene ring substituents is 1. The number of methoxy groups -OCH3 is 1. The molecule has 9 nitrogen and oxygen atoms in total. The van der Waals surface area contributed by atoms with E-state index in [0.29, 0.717) is 11.4 Å². The molecule has 0 spiro atoms. The molecule has 0 bridgehead atoms. The first kappa shape index (κ1) is 19.2. The number of hydrogen-bond acceptors (Lipinski definition) is 7. The molecule has 0 aromatic heterocycles. The van der Waals surface area contributed by atoms with Gasteiger partial charge < -0.3 is 14.2 Å². The second kappa shape index (κ2) is 7.95. The van der Waals surface area contributed by atoms with Gasteiger partial charge >= 0.3 is 12.1 Å². The van der Waals surface area contributed by atoms with Crippen molar-refractivity contribution in [2.45, 2.75) is 19.1 Å². The van der Waals surface area contributed by atoms with Crippen molar-refractivity contribution in [1.82, 2.24) is 0 Å². The van der Waals surface area contributed by atoms with Gasteiger partial charge in [-0.2, -0.15) is 0 Å². The summed E-state index contributed by atoms with van der Waals surface area (Å²) in [6.07, 6.45) is -1.18. The SMILES string of the molecule is COc1ccc(N2C(=O)O[C@H](COC(=O)c3ccc([N+](=O)[O-])cc3)[C@@H]2C)cc1. The molecule has 1 amide bonds. The van der Waals surface area contributed by atoms with Gasteiger partial charge in [0, 0.05) is 17.8 Å². The number of ether oxygens (including phenoxy) is 3. The fourth-order valence-corrected chi connectivity index (χ4v) is 2.83. The largest absolute Gasteiger partial charge is 0.497 e. The standard InChI is InChI=1S/C19H18N2O7/c1-12-17(11-27-18(22)13-3-5-15(6-4-13)21(24)25)28-19(23)20(12)14-7-9-16(26-2)10-8-14/h3-10,12,17H,11H2,1-2H3/t12-,17+/m0/s1. The first-order valence-electron chi connectivity index (χ1n) is 8.46. The average molecular weight is 386 g/mol. The van der Waals surface area contributed by atoms with Crippen molar-refractivity contribution < 1.29 is 28.7 Å². The van der Waals surface area contributed by atoms with E-state index in [-0.39, 0.29) is 23.9 Å². The number of nitro benzene ring substituents is 1. The molecule has 146 valence electrons. The molecule has 9 heteroatoms. The number of hydrogen-bond donors (Lipinski definition) is 0. The number of rotatable bonds is 6. The molecule has 0 unspecified atom stereocenters. The molecular weight excluding hydrogens is 368 g/mol. The Bertz CT molecular complexity index is 880. The van der Waals surface area contributed by atoms with Crippen LogP contribution in [-0.4, -0.2) is 42.8 Å². The number of anilines is 1. The normalized spacial score (nSPS) is 18.5. The molecule has 1 aliphatic rings. The number of benzene rings is 2. The number of nitrogens with zero attached hydrogens (tertiary/aromatic N) is 2. The minimum absolute atomic E-state index is 0.120. The maximum Gasteiger partial charge on any atom is 0.415 e. The van der Waals surface area contributed by atoms with Crippen LogP contribution in [0.25, 0.3) is 0 Å². The van der Waals surface area contributed by atoms with Gasteiger partial charge in [-0.3, -0.25) is 15.0 Å². The molecule has 0 radical (unpaired) electrons. The van der Waals surface area contributed by atoms with Crippen LogP contribution < -0.4 is 9.64 Å². The summed E-state index contributed by atoms with van der Waals surface area (Å²) in [5, 5.41) is 10.7. The van der Waals surface area contributed by atoms with Crippen molar-refractivity contribution in [3.63, 3.8) is 0 Å². The minimum atomic E-state index is -0.652. The predicted molar refractivity (Wildman–Crippen MR) is 98.6 cm³/mol. The van der Waals surface area contributed by atoms with Gasteiger partial charge in [0.15, 0.2) is 6.10 Å². The molecule has 2 aromatic carbocycles. The zero-order valence-corrected chi connectivity index (χ0v) is 15.2. The summed E-state index contributed by atoms with van der Waals surface area (Å²) in [5.41, 5.74) is 0.696. The summed E-state index contributed by atoms with van der Waals surface area (Å²) in [6, 6.07) is 11.7. The molecule has 3 rings (SSSR count). The van der Waals surface area contributed by atoms with Crippen molar-refractivity contribution in [3.8, 4) is 5.75 Å². The fourth-order valence-electron chi connectivity index (χ4n) is 2.83. The first-order chi connectivity index (χ1) is 13.4. The highest BCUT2D eigenvalue weighted by Gasteiger charge is 2.40. The van der Waals surface area contributed by atoms with E-state index < -0.39 is 23.1 Å². The maximum atomic E-state index is 12.2. The Kier molecular flexibility index (Phi) is 5.44. The van der Waals surface area contributed by atoms with Gasteiger partial charge in [-0.15, -0.1) is 0 Å². The monoisotopic (exact) mass is 386 g/mol. The number of nitro groups is 1. The van der Waals surface area contributed by atoms with Crippen LogP contribution in [0.1, 0.15) is 17.3 Å². The van der Waals surface area contributed by atoms with Crippen LogP contribution in [0.4, 0.5) is 16.2 Å². The third-order valence-electron chi connectivity index (χ3n) is 4.44. The topological polar surface area (TPSA) is 108 Å². The quantitative estimate of drug-likeness (QED) is 0.426. The third-order valence-corrected chi connectivity index (χ3v) is 4.44. The summed E-state index contributed by atoms with van der Waals surface area (Å²) in [5.74, 6) is 0.0126. The number of esters is 1. The van der Waals surface area contributed by atoms with Gasteiger partial charge in [0.05, 0.1) is 23.6 Å². The zero-order chi connectivity index (χ0) is 20.3. The predicted octanol–water partition coefficient (Wildman–Crippen LogP) is 3.17. The van der Waals surface area contributed by atoms with Crippen molar-refractivity contribution in [2.75, 3.05) is 18.6 Å². The van der Waals surface area contributed by atoms with Gasteiger partial charge in [0.2, 0.25) is 0 Å². The summed E-state index contributed by atoms with van der Waals surface area (Å²) in [7, 11) is 1.55. The molecule has 1 heterocycles. The Morgan fingerprint density at radius 3 is 2.39 bits per heavy atom. The lowest BCUT2D eigenvalue weighted by Crippen LogP contribution is -2.36. The molecule has 0 N–H and O–H groups in total. The lowest BCUT2D eigenvalue weighted by molar-refractivity contribution is -0.384. The molecule has 28 heavy (non-hydrogen) atoms. The van der Waals surface area contributed by atoms with E-state index in [0.717, 1.165) is 0 Å². The number of cyclic esters (lactones) is 1.